The number of carbonyl (C=O) groups is 3. The van der Waals surface area contributed by atoms with Crippen molar-refractivity contribution in [2.45, 2.75) is 232 Å². The van der Waals surface area contributed by atoms with Crippen molar-refractivity contribution in [1.82, 2.24) is 0 Å². The number of ether oxygens (including phenoxy) is 2. The van der Waals surface area contributed by atoms with E-state index in [1.807, 2.05) is 0 Å². The van der Waals surface area contributed by atoms with Gasteiger partial charge in [-0.2, -0.15) is 0 Å². The van der Waals surface area contributed by atoms with Gasteiger partial charge in [-0.15, -0.1) is 0 Å². The predicted octanol–water partition coefficient (Wildman–Crippen LogP) is 8.20. The Hall–Kier alpha value is -1.12. The van der Waals surface area contributed by atoms with Crippen molar-refractivity contribution in [1.29, 1.82) is 0 Å². The summed E-state index contributed by atoms with van der Waals surface area (Å²) >= 11 is 0. The van der Waals surface area contributed by atoms with E-state index in [0.29, 0.717) is 6.61 Å². The first kappa shape index (κ1) is 52.0. The van der Waals surface area contributed by atoms with Crippen molar-refractivity contribution >= 4 is 23.8 Å². The van der Waals surface area contributed by atoms with E-state index < -0.39 is 29.8 Å². The molecule has 0 rings (SSSR count). The summed E-state index contributed by atoms with van der Waals surface area (Å²) in [5.74, 6) is -2.53. The molecule has 0 aromatic carbocycles. The van der Waals surface area contributed by atoms with Crippen LogP contribution in [-0.2, 0) is 23.9 Å². The molecule has 294 valence electrons. The number of aliphatic carboxylic acids is 1. The van der Waals surface area contributed by atoms with Gasteiger partial charge in [0.1, 0.15) is 6.04 Å². The van der Waals surface area contributed by atoms with Gasteiger partial charge in [-0.1, -0.05) is 181 Å². The molecule has 0 heterocycles. The second kappa shape index (κ2) is 41.6. The first-order valence-corrected chi connectivity index (χ1v) is 21.2. The predicted molar refractivity (Wildman–Crippen MR) is 204 cm³/mol. The van der Waals surface area contributed by atoms with Gasteiger partial charge < -0.3 is 19.7 Å². The second-order valence-electron chi connectivity index (χ2n) is 14.4. The number of esters is 2. The molecule has 0 saturated heterocycles. The molecule has 0 saturated carbocycles. The van der Waals surface area contributed by atoms with Crippen LogP contribution >= 0.6 is 0 Å². The maximum atomic E-state index is 12.8. The van der Waals surface area contributed by atoms with E-state index in [2.05, 4.69) is 18.8 Å². The minimum absolute atomic E-state index is 0. The summed E-state index contributed by atoms with van der Waals surface area (Å²) < 4.78 is 10.8. The minimum atomic E-state index is -1.08. The number of hydrogen-bond donors (Lipinski definition) is 1. The largest absolute Gasteiger partial charge is 1.00 e. The van der Waals surface area contributed by atoms with Crippen LogP contribution in [0.1, 0.15) is 226 Å². The molecule has 0 aliphatic rings. The zero-order chi connectivity index (χ0) is 36.8. The van der Waals surface area contributed by atoms with Crippen molar-refractivity contribution in [3.8, 4) is 0 Å². The number of carbonyl (C=O) groups excluding carboxylic acids is 2. The smallest absolute Gasteiger partial charge is 0.862 e. The molecule has 0 aliphatic heterocycles. The summed E-state index contributed by atoms with van der Waals surface area (Å²) in [4.78, 5) is 40.0. The van der Waals surface area contributed by atoms with Crippen LogP contribution in [0, 0.1) is 0 Å². The number of carboxylic acid groups (broad SMARTS) is 1. The maximum Gasteiger partial charge on any atom is 1.00 e. The van der Waals surface area contributed by atoms with E-state index in [9.17, 15) is 19.5 Å². The molecule has 1 atom stereocenters. The van der Waals surface area contributed by atoms with Crippen LogP contribution in [0.15, 0.2) is 4.99 Å². The molecule has 0 unspecified atom stereocenters. The van der Waals surface area contributed by atoms with Crippen molar-refractivity contribution in [3.05, 3.63) is 0 Å². The zero-order valence-electron chi connectivity index (χ0n) is 33.7. The third-order valence-electron chi connectivity index (χ3n) is 9.48. The zero-order valence-corrected chi connectivity index (χ0v) is 35.7. The number of unbranched alkanes of at least 4 members (excludes halogenated alkanes) is 26. The number of aliphatic imine (C=N–C) groups is 1. The second-order valence-corrected chi connectivity index (χ2v) is 14.4. The standard InChI is InChI=1S/C42H79NO7.Na/c1-3-5-7-9-11-13-15-17-19-21-23-25-27-29-36-49-41(47)35-34-38(43-39(44)32-31-33-40(45)46)42(48)50-37-30-28-26-24-22-20-18-16-14-12-10-8-6-4-2;/h38H,3-37H2,1-2H3,(H,43,44)(H,45,46);/q;+1/p-1/t38-;/m0./s1. The Kier molecular flexibility index (Phi) is 42.4. The quantitative estimate of drug-likeness (QED) is 0.0222. The number of carboxylic acids is 1. The first-order chi connectivity index (χ1) is 24.4. The van der Waals surface area contributed by atoms with Crippen LogP contribution in [0.25, 0.3) is 0 Å². The molecular weight excluding hydrogens is 653 g/mol. The molecule has 1 N–H and O–H groups in total. The van der Waals surface area contributed by atoms with Gasteiger partial charge in [0.15, 0.2) is 0 Å². The van der Waals surface area contributed by atoms with Gasteiger partial charge in [-0.3, -0.25) is 14.6 Å². The monoisotopic (exact) mass is 732 g/mol. The fraction of sp³-hybridized carbons (Fsp3) is 0.905. The summed E-state index contributed by atoms with van der Waals surface area (Å²) in [5, 5.41) is 21.2. The molecule has 0 aliphatic carbocycles. The van der Waals surface area contributed by atoms with Gasteiger partial charge in [0, 0.05) is 12.8 Å². The summed E-state index contributed by atoms with van der Waals surface area (Å²) in [5.41, 5.74) is 0. The molecule has 0 aromatic heterocycles. The summed E-state index contributed by atoms with van der Waals surface area (Å²) in [6.45, 7) is 5.13. The molecule has 8 nitrogen and oxygen atoms in total. The third-order valence-corrected chi connectivity index (χ3v) is 9.48. The van der Waals surface area contributed by atoms with Crippen LogP contribution in [0.5, 0.6) is 0 Å². The van der Waals surface area contributed by atoms with Crippen molar-refractivity contribution in [2.24, 2.45) is 4.99 Å². The fourth-order valence-corrected chi connectivity index (χ4v) is 6.24. The summed E-state index contributed by atoms with van der Waals surface area (Å²) in [6.07, 6.45) is 35.0. The Labute approximate surface area is 335 Å². The molecule has 0 amide bonds. The summed E-state index contributed by atoms with van der Waals surface area (Å²) in [7, 11) is 0. The van der Waals surface area contributed by atoms with Crippen LogP contribution in [0.4, 0.5) is 0 Å². The Balaban J connectivity index is 0. The Morgan fingerprint density at radius 3 is 1.24 bits per heavy atom. The van der Waals surface area contributed by atoms with E-state index in [0.717, 1.165) is 38.5 Å². The van der Waals surface area contributed by atoms with Gasteiger partial charge >= 0.3 is 47.5 Å². The van der Waals surface area contributed by atoms with Gasteiger partial charge in [-0.05, 0) is 38.0 Å². The van der Waals surface area contributed by atoms with Crippen molar-refractivity contribution in [2.75, 3.05) is 13.2 Å². The number of rotatable bonds is 39. The van der Waals surface area contributed by atoms with Gasteiger partial charge in [0.2, 0.25) is 0 Å². The first-order valence-electron chi connectivity index (χ1n) is 21.2. The van der Waals surface area contributed by atoms with Gasteiger partial charge in [0.25, 0.3) is 0 Å². The van der Waals surface area contributed by atoms with E-state index >= 15 is 0 Å². The van der Waals surface area contributed by atoms with E-state index in [-0.39, 0.29) is 68.3 Å². The van der Waals surface area contributed by atoms with Crippen molar-refractivity contribution in [3.63, 3.8) is 0 Å². The average molecular weight is 732 g/mol. The average Bonchev–Trinajstić information content (AvgIpc) is 3.09. The topological polar surface area (TPSA) is 125 Å². The SMILES string of the molecule is CCCCCCCCCCCCCCCCOC(=O)CC[C@H](N=C([O-])CCCC(=O)O)C(=O)OCCCCCCCCCCCCCCCC.[Na+]. The molecular formula is C42H78NNaO7. The summed E-state index contributed by atoms with van der Waals surface area (Å²) in [6, 6.07) is -1.08. The van der Waals surface area contributed by atoms with Crippen LogP contribution in [-0.4, -0.2) is 48.2 Å². The number of hydrogen-bond acceptors (Lipinski definition) is 7. The molecule has 0 aromatic rings. The molecule has 0 bridgehead atoms. The van der Waals surface area contributed by atoms with Gasteiger partial charge in [-0.25, -0.2) is 4.79 Å². The normalized spacial score (nSPS) is 12.0. The molecule has 51 heavy (non-hydrogen) atoms. The van der Waals surface area contributed by atoms with Gasteiger partial charge in [0.05, 0.1) is 13.2 Å². The molecule has 9 heteroatoms. The Bertz CT molecular complexity index is 823. The van der Waals surface area contributed by atoms with Crippen LogP contribution < -0.4 is 34.7 Å². The van der Waals surface area contributed by atoms with Crippen LogP contribution in [0.2, 0.25) is 0 Å². The molecule has 0 radical (unpaired) electrons. The molecule has 0 spiro atoms. The van der Waals surface area contributed by atoms with Crippen LogP contribution in [0.3, 0.4) is 0 Å². The Morgan fingerprint density at radius 1 is 0.510 bits per heavy atom. The Morgan fingerprint density at radius 2 is 0.863 bits per heavy atom. The fourth-order valence-electron chi connectivity index (χ4n) is 6.24. The minimum Gasteiger partial charge on any atom is -0.862 e. The third kappa shape index (κ3) is 39.9. The van der Waals surface area contributed by atoms with Crippen molar-refractivity contribution < 1.29 is 63.6 Å². The van der Waals surface area contributed by atoms with E-state index in [1.165, 1.54) is 141 Å². The maximum absolute atomic E-state index is 12.8. The van der Waals surface area contributed by atoms with E-state index in [1.54, 1.807) is 0 Å². The number of nitrogens with zero attached hydrogens (tertiary/aromatic N) is 1. The van der Waals surface area contributed by atoms with E-state index in [4.69, 9.17) is 14.6 Å². The molecule has 0 fully saturated rings.